The third kappa shape index (κ3) is 4.93. The lowest BCUT2D eigenvalue weighted by molar-refractivity contribution is 0.825. The van der Waals surface area contributed by atoms with Gasteiger partial charge in [-0.25, -0.2) is 0 Å². The second kappa shape index (κ2) is 7.82. The number of hydrogen-bond donors (Lipinski definition) is 1. The van der Waals surface area contributed by atoms with Gasteiger partial charge in [-0.05, 0) is 48.1 Å². The molecule has 1 nitrogen and oxygen atoms in total. The molecule has 0 aliphatic heterocycles. The summed E-state index contributed by atoms with van der Waals surface area (Å²) in [6.45, 7) is 5.14. The minimum atomic E-state index is 0.991. The van der Waals surface area contributed by atoms with E-state index in [4.69, 9.17) is 0 Å². The molecule has 0 aromatic heterocycles. The van der Waals surface area contributed by atoms with Crippen LogP contribution in [-0.4, -0.2) is 6.54 Å². The van der Waals surface area contributed by atoms with Crippen LogP contribution in [0.5, 0.6) is 0 Å². The lowest BCUT2D eigenvalue weighted by Crippen LogP contribution is -2.05. The molecule has 98 valence electrons. The van der Waals surface area contributed by atoms with Crippen molar-refractivity contribution in [2.24, 2.45) is 0 Å². The van der Waals surface area contributed by atoms with E-state index >= 15 is 0 Å². The molecule has 0 unspecified atom stereocenters. The van der Waals surface area contributed by atoms with Gasteiger partial charge in [0.1, 0.15) is 0 Å². The Labute approximate surface area is 119 Å². The summed E-state index contributed by atoms with van der Waals surface area (Å²) in [6, 6.07) is 20.8. The second-order valence-electron chi connectivity index (χ2n) is 4.38. The molecule has 1 N–H and O–H groups in total. The van der Waals surface area contributed by atoms with Crippen molar-refractivity contribution in [3.63, 3.8) is 0 Å². The minimum absolute atomic E-state index is 0.991. The van der Waals surface area contributed by atoms with E-state index in [2.05, 4.69) is 59.8 Å². The van der Waals surface area contributed by atoms with Crippen LogP contribution in [0.2, 0.25) is 0 Å². The zero-order valence-electron chi connectivity index (χ0n) is 11.0. The predicted octanol–water partition coefficient (Wildman–Crippen LogP) is 4.78. The number of rotatable bonds is 7. The number of nitrogens with one attached hydrogen (secondary N) is 1. The van der Waals surface area contributed by atoms with Gasteiger partial charge >= 0.3 is 0 Å². The van der Waals surface area contributed by atoms with Gasteiger partial charge in [0.05, 0.1) is 0 Å². The van der Waals surface area contributed by atoms with E-state index in [1.807, 2.05) is 12.1 Å². The Morgan fingerprint density at radius 2 is 1.58 bits per heavy atom. The SMILES string of the molecule is C=C(CCCNSc1ccccc1)c1ccccc1. The summed E-state index contributed by atoms with van der Waals surface area (Å²) < 4.78 is 3.38. The van der Waals surface area contributed by atoms with Crippen LogP contribution in [0.4, 0.5) is 0 Å². The average molecular weight is 269 g/mol. The summed E-state index contributed by atoms with van der Waals surface area (Å²) in [4.78, 5) is 1.25. The second-order valence-corrected chi connectivity index (χ2v) is 5.35. The van der Waals surface area contributed by atoms with Gasteiger partial charge in [-0.15, -0.1) is 0 Å². The summed E-state index contributed by atoms with van der Waals surface area (Å²) in [5, 5.41) is 0. The molecule has 0 fully saturated rings. The molecule has 0 atom stereocenters. The highest BCUT2D eigenvalue weighted by molar-refractivity contribution is 7.97. The normalized spacial score (nSPS) is 10.3. The first kappa shape index (κ1) is 13.9. The fraction of sp³-hybridized carbons (Fsp3) is 0.176. The maximum atomic E-state index is 4.15. The molecule has 0 aliphatic carbocycles. The molecule has 2 heteroatoms. The van der Waals surface area contributed by atoms with Gasteiger partial charge in [0, 0.05) is 11.4 Å². The van der Waals surface area contributed by atoms with Crippen LogP contribution in [0.15, 0.2) is 72.1 Å². The quantitative estimate of drug-likeness (QED) is 0.573. The molecule has 0 saturated heterocycles. The molecule has 0 radical (unpaired) electrons. The molecule has 19 heavy (non-hydrogen) atoms. The first-order valence-electron chi connectivity index (χ1n) is 6.54. The fourth-order valence-corrected chi connectivity index (χ4v) is 2.52. The lowest BCUT2D eigenvalue weighted by atomic mass is 10.0. The first-order valence-corrected chi connectivity index (χ1v) is 7.36. The Morgan fingerprint density at radius 3 is 2.26 bits per heavy atom. The molecular formula is C17H19NS. The smallest absolute Gasteiger partial charge is 0.0228 e. The van der Waals surface area contributed by atoms with Crippen LogP contribution in [0, 0.1) is 0 Å². The van der Waals surface area contributed by atoms with E-state index in [0.29, 0.717) is 0 Å². The van der Waals surface area contributed by atoms with Crippen molar-refractivity contribution in [2.45, 2.75) is 17.7 Å². The minimum Gasteiger partial charge on any atom is -0.260 e. The van der Waals surface area contributed by atoms with Crippen molar-refractivity contribution >= 4 is 17.5 Å². The van der Waals surface area contributed by atoms with E-state index in [9.17, 15) is 0 Å². The Kier molecular flexibility index (Phi) is 5.73. The standard InChI is InChI=1S/C17H19NS/c1-15(16-10-4-2-5-11-16)9-8-14-18-19-17-12-6-3-7-13-17/h2-7,10-13,18H,1,8-9,14H2. The van der Waals surface area contributed by atoms with Crippen LogP contribution in [0.25, 0.3) is 5.57 Å². The summed E-state index contributed by atoms with van der Waals surface area (Å²) in [7, 11) is 0. The third-order valence-electron chi connectivity index (χ3n) is 2.87. The van der Waals surface area contributed by atoms with E-state index in [1.165, 1.54) is 16.0 Å². The van der Waals surface area contributed by atoms with E-state index in [0.717, 1.165) is 19.4 Å². The summed E-state index contributed by atoms with van der Waals surface area (Å²) >= 11 is 1.69. The molecule has 2 aromatic carbocycles. The molecule has 0 spiro atoms. The summed E-state index contributed by atoms with van der Waals surface area (Å²) in [6.07, 6.45) is 2.14. The molecular weight excluding hydrogens is 250 g/mol. The predicted molar refractivity (Wildman–Crippen MR) is 85.0 cm³/mol. The van der Waals surface area contributed by atoms with Crippen molar-refractivity contribution in [3.8, 4) is 0 Å². The monoisotopic (exact) mass is 269 g/mol. The summed E-state index contributed by atoms with van der Waals surface area (Å²) in [5.41, 5.74) is 2.46. The van der Waals surface area contributed by atoms with Crippen LogP contribution in [0.3, 0.4) is 0 Å². The van der Waals surface area contributed by atoms with Gasteiger partial charge < -0.3 is 0 Å². The van der Waals surface area contributed by atoms with E-state index in [-0.39, 0.29) is 0 Å². The van der Waals surface area contributed by atoms with Gasteiger partial charge in [0.15, 0.2) is 0 Å². The Balaban J connectivity index is 1.63. The fourth-order valence-electron chi connectivity index (χ4n) is 1.82. The van der Waals surface area contributed by atoms with Crippen molar-refractivity contribution in [2.75, 3.05) is 6.54 Å². The van der Waals surface area contributed by atoms with Crippen molar-refractivity contribution in [1.29, 1.82) is 0 Å². The highest BCUT2D eigenvalue weighted by Crippen LogP contribution is 2.18. The average Bonchev–Trinajstić information content (AvgIpc) is 2.49. The molecule has 0 bridgehead atoms. The maximum absolute atomic E-state index is 4.15. The third-order valence-corrected chi connectivity index (χ3v) is 3.73. The lowest BCUT2D eigenvalue weighted by Gasteiger charge is -2.07. The molecule has 0 saturated carbocycles. The largest absolute Gasteiger partial charge is 0.260 e. The Morgan fingerprint density at radius 1 is 0.947 bits per heavy atom. The zero-order chi connectivity index (χ0) is 13.3. The summed E-state index contributed by atoms with van der Waals surface area (Å²) in [5.74, 6) is 0. The van der Waals surface area contributed by atoms with E-state index in [1.54, 1.807) is 11.9 Å². The highest BCUT2D eigenvalue weighted by atomic mass is 32.2. The van der Waals surface area contributed by atoms with Gasteiger partial charge in [0.2, 0.25) is 0 Å². The van der Waals surface area contributed by atoms with Crippen LogP contribution in [0.1, 0.15) is 18.4 Å². The van der Waals surface area contributed by atoms with Gasteiger partial charge in [-0.1, -0.05) is 55.1 Å². The van der Waals surface area contributed by atoms with Crippen molar-refractivity contribution < 1.29 is 0 Å². The zero-order valence-corrected chi connectivity index (χ0v) is 11.8. The maximum Gasteiger partial charge on any atom is 0.0228 e. The van der Waals surface area contributed by atoms with Gasteiger partial charge in [-0.2, -0.15) is 0 Å². The van der Waals surface area contributed by atoms with Crippen LogP contribution in [-0.2, 0) is 0 Å². The highest BCUT2D eigenvalue weighted by Gasteiger charge is 1.98. The number of benzene rings is 2. The molecule has 0 aliphatic rings. The van der Waals surface area contributed by atoms with Crippen LogP contribution < -0.4 is 4.72 Å². The Bertz CT molecular complexity index is 493. The number of allylic oxidation sites excluding steroid dienone is 1. The number of hydrogen-bond acceptors (Lipinski definition) is 2. The van der Waals surface area contributed by atoms with Gasteiger partial charge in [0.25, 0.3) is 0 Å². The van der Waals surface area contributed by atoms with E-state index < -0.39 is 0 Å². The molecule has 0 heterocycles. The van der Waals surface area contributed by atoms with Crippen molar-refractivity contribution in [3.05, 3.63) is 72.8 Å². The Hall–Kier alpha value is -1.51. The topological polar surface area (TPSA) is 12.0 Å². The van der Waals surface area contributed by atoms with Gasteiger partial charge in [-0.3, -0.25) is 4.72 Å². The van der Waals surface area contributed by atoms with Crippen LogP contribution >= 0.6 is 11.9 Å². The molecule has 0 amide bonds. The first-order chi connectivity index (χ1) is 9.36. The molecule has 2 rings (SSSR count). The van der Waals surface area contributed by atoms with Crippen molar-refractivity contribution in [1.82, 2.24) is 4.72 Å². The molecule has 2 aromatic rings.